The lowest BCUT2D eigenvalue weighted by Gasteiger charge is -2.18. The minimum Gasteiger partial charge on any atom is -0.462 e. The van der Waals surface area contributed by atoms with Gasteiger partial charge in [0.05, 0.1) is 0 Å². The van der Waals surface area contributed by atoms with Gasteiger partial charge >= 0.3 is 17.9 Å². The molecule has 0 bridgehead atoms. The van der Waals surface area contributed by atoms with Crippen LogP contribution < -0.4 is 0 Å². The summed E-state index contributed by atoms with van der Waals surface area (Å²) < 4.78 is 16.6. The molecule has 56 heavy (non-hydrogen) atoms. The molecule has 0 aromatic carbocycles. The maximum Gasteiger partial charge on any atom is 0.306 e. The first-order valence-electron chi connectivity index (χ1n) is 25.0. The average Bonchev–Trinajstić information content (AvgIpc) is 3.19. The van der Waals surface area contributed by atoms with Gasteiger partial charge in [0.15, 0.2) is 6.10 Å². The van der Waals surface area contributed by atoms with Crippen molar-refractivity contribution in [3.05, 3.63) is 0 Å². The molecule has 0 N–H and O–H groups in total. The van der Waals surface area contributed by atoms with Crippen molar-refractivity contribution in [2.45, 2.75) is 290 Å². The Morgan fingerprint density at radius 1 is 0.286 bits per heavy atom. The van der Waals surface area contributed by atoms with E-state index in [0.717, 1.165) is 64.2 Å². The van der Waals surface area contributed by atoms with Crippen LogP contribution in [0.3, 0.4) is 0 Å². The number of unbranched alkanes of at least 4 members (excludes halogenated alkanes) is 35. The maximum atomic E-state index is 12.7. The van der Waals surface area contributed by atoms with Gasteiger partial charge in [-0.15, -0.1) is 0 Å². The molecule has 0 aliphatic heterocycles. The van der Waals surface area contributed by atoms with E-state index in [1.807, 2.05) is 0 Å². The first kappa shape index (κ1) is 54.4. The SMILES string of the molecule is CCCCCCCCCCCCCCCCCCCCCCCCC(=O)OCC(COC(=O)CCCCCCC)OC(=O)CCCCCCCCCCCCC. The second-order valence-electron chi connectivity index (χ2n) is 17.1. The molecule has 0 aromatic heterocycles. The number of rotatable bonds is 46. The topological polar surface area (TPSA) is 78.9 Å². The first-order valence-corrected chi connectivity index (χ1v) is 25.0. The minimum absolute atomic E-state index is 0.0636. The van der Waals surface area contributed by atoms with Crippen molar-refractivity contribution in [2.75, 3.05) is 13.2 Å². The molecule has 0 aliphatic carbocycles. The van der Waals surface area contributed by atoms with Gasteiger partial charge in [0, 0.05) is 19.3 Å². The second kappa shape index (κ2) is 46.1. The van der Waals surface area contributed by atoms with E-state index >= 15 is 0 Å². The third-order valence-electron chi connectivity index (χ3n) is 11.4. The summed E-state index contributed by atoms with van der Waals surface area (Å²) in [5, 5.41) is 0. The van der Waals surface area contributed by atoms with Gasteiger partial charge in [0.1, 0.15) is 13.2 Å². The van der Waals surface area contributed by atoms with E-state index in [4.69, 9.17) is 14.2 Å². The van der Waals surface area contributed by atoms with Gasteiger partial charge in [-0.25, -0.2) is 0 Å². The standard InChI is InChI=1S/C50H96O6/c1-4-7-10-13-15-17-19-20-21-22-23-24-25-26-27-28-29-31-32-34-37-40-43-49(52)55-46-47(45-54-48(51)42-39-36-12-9-6-3)56-50(53)44-41-38-35-33-30-18-16-14-11-8-5-2/h47H,4-46H2,1-3H3. The maximum absolute atomic E-state index is 12.7. The molecule has 332 valence electrons. The van der Waals surface area contributed by atoms with E-state index in [0.29, 0.717) is 19.3 Å². The molecular weight excluding hydrogens is 697 g/mol. The Kier molecular flexibility index (Phi) is 44.8. The zero-order valence-corrected chi connectivity index (χ0v) is 37.9. The summed E-state index contributed by atoms with van der Waals surface area (Å²) in [4.78, 5) is 37.5. The number of carbonyl (C=O) groups excluding carboxylic acids is 3. The molecule has 0 radical (unpaired) electrons. The molecular formula is C50H96O6. The fraction of sp³-hybridized carbons (Fsp3) is 0.940. The summed E-state index contributed by atoms with van der Waals surface area (Å²) in [5.41, 5.74) is 0. The van der Waals surface area contributed by atoms with Crippen LogP contribution in [0.5, 0.6) is 0 Å². The predicted octanol–water partition coefficient (Wildman–Crippen LogP) is 16.0. The highest BCUT2D eigenvalue weighted by Crippen LogP contribution is 2.17. The summed E-state index contributed by atoms with van der Waals surface area (Å²) >= 11 is 0. The lowest BCUT2D eigenvalue weighted by Crippen LogP contribution is -2.30. The Balaban J connectivity index is 4.01. The Labute approximate surface area is 348 Å². The molecule has 0 saturated heterocycles. The quantitative estimate of drug-likeness (QED) is 0.0347. The van der Waals surface area contributed by atoms with Gasteiger partial charge < -0.3 is 14.2 Å². The number of ether oxygens (including phenoxy) is 3. The molecule has 0 spiro atoms. The van der Waals surface area contributed by atoms with Crippen LogP contribution in [-0.2, 0) is 28.6 Å². The van der Waals surface area contributed by atoms with Crippen LogP contribution in [0, 0.1) is 0 Å². The van der Waals surface area contributed by atoms with Crippen molar-refractivity contribution in [2.24, 2.45) is 0 Å². The molecule has 0 heterocycles. The Bertz CT molecular complexity index is 828. The molecule has 6 nitrogen and oxygen atoms in total. The number of hydrogen-bond acceptors (Lipinski definition) is 6. The van der Waals surface area contributed by atoms with E-state index in [9.17, 15) is 14.4 Å². The van der Waals surface area contributed by atoms with Crippen LogP contribution in [0.15, 0.2) is 0 Å². The Morgan fingerprint density at radius 3 is 0.714 bits per heavy atom. The van der Waals surface area contributed by atoms with Crippen molar-refractivity contribution in [1.82, 2.24) is 0 Å². The highest BCUT2D eigenvalue weighted by atomic mass is 16.6. The van der Waals surface area contributed by atoms with Crippen molar-refractivity contribution in [3.63, 3.8) is 0 Å². The van der Waals surface area contributed by atoms with Crippen LogP contribution in [0.2, 0.25) is 0 Å². The van der Waals surface area contributed by atoms with Gasteiger partial charge in [-0.1, -0.05) is 245 Å². The molecule has 0 aromatic rings. The Morgan fingerprint density at radius 2 is 0.482 bits per heavy atom. The van der Waals surface area contributed by atoms with E-state index in [1.54, 1.807) is 0 Å². The van der Waals surface area contributed by atoms with E-state index in [-0.39, 0.29) is 31.1 Å². The van der Waals surface area contributed by atoms with Crippen LogP contribution in [0.4, 0.5) is 0 Å². The molecule has 0 rings (SSSR count). The zero-order valence-electron chi connectivity index (χ0n) is 37.9. The summed E-state index contributed by atoms with van der Waals surface area (Å²) in [6.07, 6.45) is 48.5. The van der Waals surface area contributed by atoms with Crippen molar-refractivity contribution < 1.29 is 28.6 Å². The van der Waals surface area contributed by atoms with E-state index in [1.165, 1.54) is 180 Å². The van der Waals surface area contributed by atoms with Gasteiger partial charge in [0.2, 0.25) is 0 Å². The van der Waals surface area contributed by atoms with Gasteiger partial charge in [-0.3, -0.25) is 14.4 Å². The lowest BCUT2D eigenvalue weighted by atomic mass is 10.0. The van der Waals surface area contributed by atoms with Crippen molar-refractivity contribution >= 4 is 17.9 Å². The number of hydrogen-bond donors (Lipinski definition) is 0. The average molecular weight is 793 g/mol. The molecule has 0 saturated carbocycles. The third kappa shape index (κ3) is 43.5. The number of esters is 3. The van der Waals surface area contributed by atoms with Gasteiger partial charge in [0.25, 0.3) is 0 Å². The fourth-order valence-corrected chi connectivity index (χ4v) is 7.56. The zero-order chi connectivity index (χ0) is 40.8. The van der Waals surface area contributed by atoms with Crippen LogP contribution >= 0.6 is 0 Å². The molecule has 0 aliphatic rings. The first-order chi connectivity index (χ1) is 27.5. The third-order valence-corrected chi connectivity index (χ3v) is 11.4. The summed E-state index contributed by atoms with van der Waals surface area (Å²) in [7, 11) is 0. The molecule has 0 amide bonds. The van der Waals surface area contributed by atoms with Crippen LogP contribution in [0.25, 0.3) is 0 Å². The molecule has 1 atom stereocenters. The molecule has 0 fully saturated rings. The highest BCUT2D eigenvalue weighted by Gasteiger charge is 2.19. The van der Waals surface area contributed by atoms with Crippen LogP contribution in [-0.4, -0.2) is 37.2 Å². The minimum atomic E-state index is -0.757. The normalized spacial score (nSPS) is 11.8. The molecule has 6 heteroatoms. The van der Waals surface area contributed by atoms with Crippen LogP contribution in [0.1, 0.15) is 284 Å². The van der Waals surface area contributed by atoms with Gasteiger partial charge in [-0.05, 0) is 19.3 Å². The van der Waals surface area contributed by atoms with E-state index in [2.05, 4.69) is 20.8 Å². The van der Waals surface area contributed by atoms with Crippen molar-refractivity contribution in [3.8, 4) is 0 Å². The number of carbonyl (C=O) groups is 3. The summed E-state index contributed by atoms with van der Waals surface area (Å²) in [6.45, 7) is 6.58. The summed E-state index contributed by atoms with van der Waals surface area (Å²) in [6, 6.07) is 0. The highest BCUT2D eigenvalue weighted by molar-refractivity contribution is 5.71. The second-order valence-corrected chi connectivity index (χ2v) is 17.1. The fourth-order valence-electron chi connectivity index (χ4n) is 7.56. The summed E-state index contributed by atoms with van der Waals surface area (Å²) in [5.74, 6) is -0.863. The lowest BCUT2D eigenvalue weighted by molar-refractivity contribution is -0.167. The van der Waals surface area contributed by atoms with Gasteiger partial charge in [-0.2, -0.15) is 0 Å². The molecule has 1 unspecified atom stereocenters. The predicted molar refractivity (Wildman–Crippen MR) is 238 cm³/mol. The Hall–Kier alpha value is -1.59. The van der Waals surface area contributed by atoms with E-state index < -0.39 is 6.10 Å². The largest absolute Gasteiger partial charge is 0.462 e. The monoisotopic (exact) mass is 793 g/mol. The van der Waals surface area contributed by atoms with Crippen molar-refractivity contribution in [1.29, 1.82) is 0 Å². The smallest absolute Gasteiger partial charge is 0.306 e.